The van der Waals surface area contributed by atoms with Crippen LogP contribution in [-0.4, -0.2) is 51.1 Å². The summed E-state index contributed by atoms with van der Waals surface area (Å²) in [5.74, 6) is 0.795. The first-order valence-corrected chi connectivity index (χ1v) is 8.99. The van der Waals surface area contributed by atoms with E-state index >= 15 is 0 Å². The van der Waals surface area contributed by atoms with Crippen LogP contribution in [0.15, 0.2) is 29.3 Å². The van der Waals surface area contributed by atoms with E-state index in [9.17, 15) is 5.11 Å². The molecule has 0 bridgehead atoms. The number of aliphatic hydroxyl groups excluding tert-OH is 1. The lowest BCUT2D eigenvalue weighted by atomic mass is 9.84. The number of nitrogens with one attached hydrogen (secondary N) is 2. The molecule has 3 N–H and O–H groups in total. The molecular weight excluding hydrogens is 318 g/mol. The maximum absolute atomic E-state index is 9.34. The van der Waals surface area contributed by atoms with Crippen LogP contribution < -0.4 is 10.6 Å². The molecule has 0 saturated carbocycles. The minimum atomic E-state index is 0.00330. The van der Waals surface area contributed by atoms with Gasteiger partial charge in [0.05, 0.1) is 19.8 Å². The fraction of sp³-hybridized carbons (Fsp3) is 0.632. The Balaban J connectivity index is 1.96. The van der Waals surface area contributed by atoms with Gasteiger partial charge in [0.1, 0.15) is 0 Å². The van der Waals surface area contributed by atoms with Crippen molar-refractivity contribution in [2.45, 2.75) is 32.9 Å². The van der Waals surface area contributed by atoms with Crippen LogP contribution in [0.5, 0.6) is 0 Å². The molecular formula is C19H31N3O3. The minimum Gasteiger partial charge on any atom is -0.396 e. The normalized spacial score (nSPS) is 20.7. The monoisotopic (exact) mass is 349 g/mol. The Hall–Kier alpha value is -1.63. The summed E-state index contributed by atoms with van der Waals surface area (Å²) in [6, 6.07) is 8.28. The summed E-state index contributed by atoms with van der Waals surface area (Å²) in [5, 5.41) is 16.1. The van der Waals surface area contributed by atoms with E-state index in [0.29, 0.717) is 19.8 Å². The van der Waals surface area contributed by atoms with Crippen molar-refractivity contribution in [1.82, 2.24) is 10.6 Å². The summed E-state index contributed by atoms with van der Waals surface area (Å²) in [5.41, 5.74) is 2.31. The Morgan fingerprint density at radius 3 is 2.88 bits per heavy atom. The van der Waals surface area contributed by atoms with Crippen molar-refractivity contribution in [2.24, 2.45) is 10.4 Å². The van der Waals surface area contributed by atoms with Gasteiger partial charge in [-0.25, -0.2) is 4.99 Å². The van der Waals surface area contributed by atoms with Gasteiger partial charge in [-0.15, -0.1) is 0 Å². The Kier molecular flexibility index (Phi) is 8.18. The molecule has 1 unspecified atom stereocenters. The number of ether oxygens (including phenoxy) is 2. The molecule has 0 aromatic heterocycles. The lowest BCUT2D eigenvalue weighted by Crippen LogP contribution is -2.44. The summed E-state index contributed by atoms with van der Waals surface area (Å²) in [7, 11) is 1.70. The molecule has 1 fully saturated rings. The molecule has 1 atom stereocenters. The SMILES string of the molecule is CCNC(=NCc1cccc(COC)c1)NCC1(CCO)CCOC1. The molecule has 0 radical (unpaired) electrons. The van der Waals surface area contributed by atoms with Crippen LogP contribution in [0.4, 0.5) is 0 Å². The van der Waals surface area contributed by atoms with Crippen LogP contribution in [0.2, 0.25) is 0 Å². The third-order valence-corrected chi connectivity index (χ3v) is 4.52. The lowest BCUT2D eigenvalue weighted by molar-refractivity contribution is 0.127. The molecule has 2 rings (SSSR count). The summed E-state index contributed by atoms with van der Waals surface area (Å²) in [6.45, 7) is 6.47. The summed E-state index contributed by atoms with van der Waals surface area (Å²) in [6.07, 6.45) is 1.72. The largest absolute Gasteiger partial charge is 0.396 e. The predicted octanol–water partition coefficient (Wildman–Crippen LogP) is 1.68. The fourth-order valence-electron chi connectivity index (χ4n) is 3.08. The van der Waals surface area contributed by atoms with Crippen LogP contribution in [0.1, 0.15) is 30.9 Å². The molecule has 0 spiro atoms. The van der Waals surface area contributed by atoms with E-state index in [1.165, 1.54) is 0 Å². The summed E-state index contributed by atoms with van der Waals surface area (Å²) < 4.78 is 10.7. The maximum atomic E-state index is 9.34. The third kappa shape index (κ3) is 6.30. The average Bonchev–Trinajstić information content (AvgIpc) is 3.07. The number of aliphatic imine (C=N–C) groups is 1. The van der Waals surface area contributed by atoms with Gasteiger partial charge >= 0.3 is 0 Å². The topological polar surface area (TPSA) is 75.1 Å². The number of hydrogen-bond acceptors (Lipinski definition) is 4. The zero-order valence-corrected chi connectivity index (χ0v) is 15.4. The van der Waals surface area contributed by atoms with Gasteiger partial charge in [-0.2, -0.15) is 0 Å². The number of rotatable bonds is 9. The van der Waals surface area contributed by atoms with E-state index in [-0.39, 0.29) is 12.0 Å². The molecule has 1 aliphatic heterocycles. The van der Waals surface area contributed by atoms with E-state index in [0.717, 1.165) is 49.6 Å². The third-order valence-electron chi connectivity index (χ3n) is 4.52. The number of hydrogen-bond donors (Lipinski definition) is 3. The molecule has 140 valence electrons. The van der Waals surface area contributed by atoms with Crippen LogP contribution >= 0.6 is 0 Å². The van der Waals surface area contributed by atoms with Gasteiger partial charge in [0.2, 0.25) is 0 Å². The molecule has 0 aliphatic carbocycles. The zero-order chi connectivity index (χ0) is 18.0. The Bertz CT molecular complexity index is 542. The standard InChI is InChI=1S/C19H31N3O3/c1-3-20-18(22-14-19(7-9-23)8-10-25-15-19)21-12-16-5-4-6-17(11-16)13-24-2/h4-6,11,23H,3,7-10,12-15H2,1-2H3,(H2,20,21,22). The molecule has 1 aliphatic rings. The molecule has 0 amide bonds. The van der Waals surface area contributed by atoms with E-state index in [4.69, 9.17) is 9.47 Å². The lowest BCUT2D eigenvalue weighted by Gasteiger charge is -2.27. The van der Waals surface area contributed by atoms with Crippen molar-refractivity contribution in [1.29, 1.82) is 0 Å². The van der Waals surface area contributed by atoms with Crippen LogP contribution in [0.25, 0.3) is 0 Å². The first-order valence-electron chi connectivity index (χ1n) is 8.99. The Morgan fingerprint density at radius 1 is 1.36 bits per heavy atom. The molecule has 1 aromatic carbocycles. The predicted molar refractivity (Wildman–Crippen MR) is 99.5 cm³/mol. The zero-order valence-electron chi connectivity index (χ0n) is 15.4. The molecule has 6 nitrogen and oxygen atoms in total. The summed E-state index contributed by atoms with van der Waals surface area (Å²) in [4.78, 5) is 4.69. The van der Waals surface area contributed by atoms with Crippen molar-refractivity contribution < 1.29 is 14.6 Å². The van der Waals surface area contributed by atoms with Crippen molar-refractivity contribution in [3.05, 3.63) is 35.4 Å². The number of methoxy groups -OCH3 is 1. The van der Waals surface area contributed by atoms with Gasteiger partial charge in [0.25, 0.3) is 0 Å². The highest BCUT2D eigenvalue weighted by molar-refractivity contribution is 5.79. The van der Waals surface area contributed by atoms with Crippen molar-refractivity contribution in [3.63, 3.8) is 0 Å². The highest BCUT2D eigenvalue weighted by Gasteiger charge is 2.34. The highest BCUT2D eigenvalue weighted by Crippen LogP contribution is 2.31. The van der Waals surface area contributed by atoms with Crippen molar-refractivity contribution >= 4 is 5.96 Å². The second-order valence-electron chi connectivity index (χ2n) is 6.58. The first-order chi connectivity index (χ1) is 12.2. The second kappa shape index (κ2) is 10.4. The van der Waals surface area contributed by atoms with E-state index < -0.39 is 0 Å². The molecule has 1 saturated heterocycles. The summed E-state index contributed by atoms with van der Waals surface area (Å²) >= 11 is 0. The Labute approximate surface area is 150 Å². The number of guanidine groups is 1. The molecule has 25 heavy (non-hydrogen) atoms. The highest BCUT2D eigenvalue weighted by atomic mass is 16.5. The smallest absolute Gasteiger partial charge is 0.191 e. The maximum Gasteiger partial charge on any atom is 0.191 e. The van der Waals surface area contributed by atoms with Crippen LogP contribution in [0, 0.1) is 5.41 Å². The molecule has 1 aromatic rings. The van der Waals surface area contributed by atoms with Gasteiger partial charge in [-0.3, -0.25) is 0 Å². The quantitative estimate of drug-likeness (QED) is 0.467. The van der Waals surface area contributed by atoms with Gasteiger partial charge in [-0.1, -0.05) is 24.3 Å². The van der Waals surface area contributed by atoms with Gasteiger partial charge < -0.3 is 25.2 Å². The fourth-order valence-corrected chi connectivity index (χ4v) is 3.08. The van der Waals surface area contributed by atoms with Gasteiger partial charge in [0.15, 0.2) is 5.96 Å². The second-order valence-corrected chi connectivity index (χ2v) is 6.58. The minimum absolute atomic E-state index is 0.00330. The van der Waals surface area contributed by atoms with E-state index in [1.807, 2.05) is 6.07 Å². The van der Waals surface area contributed by atoms with Crippen molar-refractivity contribution in [3.8, 4) is 0 Å². The first kappa shape index (κ1) is 19.7. The van der Waals surface area contributed by atoms with Crippen molar-refractivity contribution in [2.75, 3.05) is 40.0 Å². The molecule has 1 heterocycles. The van der Waals surface area contributed by atoms with Crippen LogP contribution in [-0.2, 0) is 22.6 Å². The van der Waals surface area contributed by atoms with Crippen LogP contribution in [0.3, 0.4) is 0 Å². The molecule has 6 heteroatoms. The Morgan fingerprint density at radius 2 is 2.20 bits per heavy atom. The van der Waals surface area contributed by atoms with E-state index in [1.54, 1.807) is 7.11 Å². The number of benzene rings is 1. The van der Waals surface area contributed by atoms with Gasteiger partial charge in [-0.05, 0) is 30.9 Å². The number of nitrogens with zero attached hydrogens (tertiary/aromatic N) is 1. The van der Waals surface area contributed by atoms with Gasteiger partial charge in [0, 0.05) is 38.8 Å². The number of aliphatic hydroxyl groups is 1. The van der Waals surface area contributed by atoms with E-state index in [2.05, 4.69) is 40.7 Å². The average molecular weight is 349 g/mol.